The van der Waals surface area contributed by atoms with Gasteiger partial charge in [-0.05, 0) is 37.5 Å². The van der Waals surface area contributed by atoms with Gasteiger partial charge in [0, 0.05) is 20.1 Å². The molecule has 0 heterocycles. The zero-order valence-corrected chi connectivity index (χ0v) is 15.0. The van der Waals surface area contributed by atoms with E-state index in [4.69, 9.17) is 0 Å². The highest BCUT2D eigenvalue weighted by atomic mass is 19.2. The Labute approximate surface area is 147 Å². The number of carbonyl (C=O) groups is 1. The van der Waals surface area contributed by atoms with Crippen LogP contribution in [-0.2, 0) is 4.79 Å². The van der Waals surface area contributed by atoms with Crippen LogP contribution in [0.3, 0.4) is 0 Å². The number of likely N-dealkylation sites (N-methyl/N-ethyl adjacent to an activating group) is 1. The van der Waals surface area contributed by atoms with Gasteiger partial charge in [0.1, 0.15) is 6.54 Å². The van der Waals surface area contributed by atoms with Gasteiger partial charge < -0.3 is 15.5 Å². The lowest BCUT2D eigenvalue weighted by Gasteiger charge is -2.22. The van der Waals surface area contributed by atoms with Crippen molar-refractivity contribution in [3.05, 3.63) is 35.4 Å². The number of nitrogens with zero attached hydrogens (tertiary/aromatic N) is 2. The van der Waals surface area contributed by atoms with Crippen LogP contribution < -0.4 is 10.6 Å². The summed E-state index contributed by atoms with van der Waals surface area (Å²) >= 11 is 0. The lowest BCUT2D eigenvalue weighted by molar-refractivity contribution is -0.127. The van der Waals surface area contributed by atoms with E-state index in [1.807, 2.05) is 6.92 Å². The standard InChI is InChI=1S/C18H26F2N4O/c1-12(13-8-9-15(19)16(20)10-13)22-18(21-11-17(25)24(2)3)23-14-6-4-5-7-14/h8-10,12,14H,4-7,11H2,1-3H3,(H2,21,22,23). The van der Waals surface area contributed by atoms with Crippen molar-refractivity contribution in [2.75, 3.05) is 20.6 Å². The number of rotatable bonds is 5. The van der Waals surface area contributed by atoms with Crippen LogP contribution in [0.25, 0.3) is 0 Å². The fourth-order valence-electron chi connectivity index (χ4n) is 2.75. The summed E-state index contributed by atoms with van der Waals surface area (Å²) in [6.45, 7) is 1.87. The van der Waals surface area contributed by atoms with Gasteiger partial charge in [0.25, 0.3) is 0 Å². The number of nitrogens with one attached hydrogen (secondary N) is 2. The predicted molar refractivity (Wildman–Crippen MR) is 94.3 cm³/mol. The Morgan fingerprint density at radius 1 is 1.28 bits per heavy atom. The summed E-state index contributed by atoms with van der Waals surface area (Å²) in [4.78, 5) is 17.6. The normalized spacial score (nSPS) is 16.6. The molecule has 1 aliphatic rings. The molecule has 0 spiro atoms. The van der Waals surface area contributed by atoms with Crippen molar-refractivity contribution in [2.45, 2.75) is 44.7 Å². The van der Waals surface area contributed by atoms with Crippen LogP contribution in [0.15, 0.2) is 23.2 Å². The van der Waals surface area contributed by atoms with Crippen LogP contribution in [0.2, 0.25) is 0 Å². The van der Waals surface area contributed by atoms with Gasteiger partial charge in [0.2, 0.25) is 5.91 Å². The lowest BCUT2D eigenvalue weighted by atomic mass is 10.1. The van der Waals surface area contributed by atoms with Crippen LogP contribution in [-0.4, -0.2) is 43.4 Å². The largest absolute Gasteiger partial charge is 0.354 e. The molecule has 1 saturated carbocycles. The molecule has 1 atom stereocenters. The Bertz CT molecular complexity index is 628. The molecule has 1 fully saturated rings. The van der Waals surface area contributed by atoms with Crippen LogP contribution in [0.4, 0.5) is 8.78 Å². The molecule has 25 heavy (non-hydrogen) atoms. The third-order valence-corrected chi connectivity index (χ3v) is 4.36. The van der Waals surface area contributed by atoms with E-state index in [2.05, 4.69) is 15.6 Å². The molecule has 0 bridgehead atoms. The number of benzene rings is 1. The molecular formula is C18H26F2N4O. The molecule has 0 aromatic heterocycles. The highest BCUT2D eigenvalue weighted by Gasteiger charge is 2.18. The second kappa shape index (κ2) is 8.78. The van der Waals surface area contributed by atoms with Crippen molar-refractivity contribution >= 4 is 11.9 Å². The summed E-state index contributed by atoms with van der Waals surface area (Å²) in [5.41, 5.74) is 0.610. The molecule has 7 heteroatoms. The van der Waals surface area contributed by atoms with Crippen molar-refractivity contribution in [3.8, 4) is 0 Å². The first-order valence-electron chi connectivity index (χ1n) is 8.59. The third-order valence-electron chi connectivity index (χ3n) is 4.36. The summed E-state index contributed by atoms with van der Waals surface area (Å²) in [6, 6.07) is 3.86. The monoisotopic (exact) mass is 352 g/mol. The zero-order valence-electron chi connectivity index (χ0n) is 15.0. The lowest BCUT2D eigenvalue weighted by Crippen LogP contribution is -2.44. The number of halogens is 2. The third kappa shape index (κ3) is 5.69. The van der Waals surface area contributed by atoms with Crippen molar-refractivity contribution in [1.82, 2.24) is 15.5 Å². The van der Waals surface area contributed by atoms with Gasteiger partial charge in [-0.15, -0.1) is 0 Å². The number of guanidine groups is 1. The van der Waals surface area contributed by atoms with Crippen molar-refractivity contribution in [2.24, 2.45) is 4.99 Å². The van der Waals surface area contributed by atoms with E-state index >= 15 is 0 Å². The van der Waals surface area contributed by atoms with E-state index in [0.29, 0.717) is 17.6 Å². The number of carbonyl (C=O) groups excluding carboxylic acids is 1. The molecular weight excluding hydrogens is 326 g/mol. The van der Waals surface area contributed by atoms with Crippen LogP contribution in [0.5, 0.6) is 0 Å². The average Bonchev–Trinajstić information content (AvgIpc) is 3.07. The van der Waals surface area contributed by atoms with Gasteiger partial charge in [-0.2, -0.15) is 0 Å². The van der Waals surface area contributed by atoms with E-state index in [9.17, 15) is 13.6 Å². The summed E-state index contributed by atoms with van der Waals surface area (Å²) in [6.07, 6.45) is 4.45. The minimum absolute atomic E-state index is 0.0273. The SMILES string of the molecule is CC(NC(=NCC(=O)N(C)C)NC1CCCC1)c1ccc(F)c(F)c1. The van der Waals surface area contributed by atoms with Gasteiger partial charge in [0.05, 0.1) is 6.04 Å². The average molecular weight is 352 g/mol. The molecule has 0 aliphatic heterocycles. The molecule has 0 radical (unpaired) electrons. The number of hydrogen-bond donors (Lipinski definition) is 2. The van der Waals surface area contributed by atoms with Crippen molar-refractivity contribution < 1.29 is 13.6 Å². The maximum absolute atomic E-state index is 13.4. The summed E-state index contributed by atoms with van der Waals surface area (Å²) in [5, 5.41) is 6.52. The molecule has 1 amide bonds. The van der Waals surface area contributed by atoms with Gasteiger partial charge >= 0.3 is 0 Å². The minimum Gasteiger partial charge on any atom is -0.354 e. The first kappa shape index (κ1) is 19.1. The quantitative estimate of drug-likeness (QED) is 0.633. The zero-order chi connectivity index (χ0) is 18.4. The summed E-state index contributed by atoms with van der Waals surface area (Å²) in [7, 11) is 3.36. The molecule has 1 aromatic carbocycles. The van der Waals surface area contributed by atoms with Gasteiger partial charge in [-0.1, -0.05) is 18.9 Å². The fraction of sp³-hybridized carbons (Fsp3) is 0.556. The molecule has 2 rings (SSSR count). The topological polar surface area (TPSA) is 56.7 Å². The molecule has 1 aromatic rings. The summed E-state index contributed by atoms with van der Waals surface area (Å²) < 4.78 is 26.6. The Hall–Kier alpha value is -2.18. The highest BCUT2D eigenvalue weighted by molar-refractivity contribution is 5.85. The van der Waals surface area contributed by atoms with Crippen molar-refractivity contribution in [3.63, 3.8) is 0 Å². The Balaban J connectivity index is 2.08. The molecule has 138 valence electrons. The second-order valence-electron chi connectivity index (χ2n) is 6.62. The molecule has 0 saturated heterocycles. The molecule has 1 aliphatic carbocycles. The predicted octanol–water partition coefficient (Wildman–Crippen LogP) is 2.59. The van der Waals surface area contributed by atoms with Crippen LogP contribution in [0, 0.1) is 11.6 Å². The van der Waals surface area contributed by atoms with Gasteiger partial charge in [-0.25, -0.2) is 13.8 Å². The Kier molecular flexibility index (Phi) is 6.73. The molecule has 2 N–H and O–H groups in total. The maximum Gasteiger partial charge on any atom is 0.243 e. The number of hydrogen-bond acceptors (Lipinski definition) is 2. The maximum atomic E-state index is 13.4. The van der Waals surface area contributed by atoms with Gasteiger partial charge in [-0.3, -0.25) is 4.79 Å². The smallest absolute Gasteiger partial charge is 0.243 e. The van der Waals surface area contributed by atoms with Gasteiger partial charge in [0.15, 0.2) is 17.6 Å². The van der Waals surface area contributed by atoms with E-state index in [1.165, 1.54) is 29.9 Å². The van der Waals surface area contributed by atoms with Crippen molar-refractivity contribution in [1.29, 1.82) is 0 Å². The number of aliphatic imine (C=N–C) groups is 1. The van der Waals surface area contributed by atoms with Crippen LogP contribution >= 0.6 is 0 Å². The second-order valence-corrected chi connectivity index (χ2v) is 6.62. The number of amides is 1. The van der Waals surface area contributed by atoms with E-state index in [-0.39, 0.29) is 18.5 Å². The Morgan fingerprint density at radius 2 is 1.96 bits per heavy atom. The first-order valence-corrected chi connectivity index (χ1v) is 8.59. The Morgan fingerprint density at radius 3 is 2.56 bits per heavy atom. The minimum atomic E-state index is -0.879. The van der Waals surface area contributed by atoms with Crippen LogP contribution in [0.1, 0.15) is 44.2 Å². The van der Waals surface area contributed by atoms with E-state index in [0.717, 1.165) is 18.9 Å². The molecule has 1 unspecified atom stereocenters. The highest BCUT2D eigenvalue weighted by Crippen LogP contribution is 2.19. The van der Waals surface area contributed by atoms with E-state index < -0.39 is 11.6 Å². The van der Waals surface area contributed by atoms with E-state index in [1.54, 1.807) is 14.1 Å². The first-order chi connectivity index (χ1) is 11.9. The molecule has 5 nitrogen and oxygen atoms in total. The fourth-order valence-corrected chi connectivity index (χ4v) is 2.75. The summed E-state index contributed by atoms with van der Waals surface area (Å²) in [5.74, 6) is -1.34.